The van der Waals surface area contributed by atoms with Gasteiger partial charge in [-0.3, -0.25) is 0 Å². The smallest absolute Gasteiger partial charge is 0.133 e. The van der Waals surface area contributed by atoms with Gasteiger partial charge in [-0.25, -0.2) is 0 Å². The van der Waals surface area contributed by atoms with E-state index in [1.54, 1.807) is 0 Å². The molecule has 2 nitrogen and oxygen atoms in total. The molecule has 0 aromatic carbocycles. The maximum Gasteiger partial charge on any atom is 0.133 e. The molecule has 11 heavy (non-hydrogen) atoms. The Morgan fingerprint density at radius 3 is 2.36 bits per heavy atom. The molecule has 1 unspecified atom stereocenters. The molecule has 1 aliphatic carbocycles. The van der Waals surface area contributed by atoms with Gasteiger partial charge in [-0.1, -0.05) is 19.1 Å². The molecule has 0 heterocycles. The molecule has 0 aromatic heterocycles. The van der Waals surface area contributed by atoms with Crippen molar-refractivity contribution in [2.75, 3.05) is 0 Å². The molecule has 0 amide bonds. The molecule has 2 heteroatoms. The fourth-order valence-corrected chi connectivity index (χ4v) is 1.36. The lowest BCUT2D eigenvalue weighted by atomic mass is 9.72. The van der Waals surface area contributed by atoms with Gasteiger partial charge in [0.05, 0.1) is 5.41 Å². The van der Waals surface area contributed by atoms with Crippen LogP contribution in [0.1, 0.15) is 19.8 Å². The summed E-state index contributed by atoms with van der Waals surface area (Å²) in [5.74, 6) is 0.155. The average Bonchev–Trinajstić information content (AvgIpc) is 2.06. The molecule has 60 valence electrons. The van der Waals surface area contributed by atoms with E-state index in [2.05, 4.69) is 0 Å². The first kappa shape index (κ1) is 8.18. The summed E-state index contributed by atoms with van der Waals surface area (Å²) < 4.78 is 0. The van der Waals surface area contributed by atoms with Gasteiger partial charge in [0.15, 0.2) is 0 Å². The zero-order valence-electron chi connectivity index (χ0n) is 6.62. The molecule has 0 N–H and O–H groups in total. The van der Waals surface area contributed by atoms with Gasteiger partial charge >= 0.3 is 0 Å². The van der Waals surface area contributed by atoms with Gasteiger partial charge in [-0.15, -0.1) is 0 Å². The molecule has 0 saturated heterocycles. The predicted molar refractivity (Wildman–Crippen MR) is 42.1 cm³/mol. The van der Waals surface area contributed by atoms with Gasteiger partial charge in [-0.2, -0.15) is 0 Å². The Kier molecular flexibility index (Phi) is 2.22. The third kappa shape index (κ3) is 1.25. The lowest BCUT2D eigenvalue weighted by Crippen LogP contribution is -2.33. The molecule has 0 aliphatic heterocycles. The van der Waals surface area contributed by atoms with Crippen LogP contribution >= 0.6 is 0 Å². The highest BCUT2D eigenvalue weighted by Crippen LogP contribution is 2.33. The van der Waals surface area contributed by atoms with Crippen LogP contribution in [0.4, 0.5) is 0 Å². The van der Waals surface area contributed by atoms with Gasteiger partial charge < -0.3 is 9.59 Å². The van der Waals surface area contributed by atoms with E-state index in [0.29, 0.717) is 6.42 Å². The van der Waals surface area contributed by atoms with E-state index in [9.17, 15) is 9.59 Å². The summed E-state index contributed by atoms with van der Waals surface area (Å²) in [6.07, 6.45) is 6.90. The molecule has 1 atom stereocenters. The van der Waals surface area contributed by atoms with Crippen molar-refractivity contribution in [3.05, 3.63) is 12.2 Å². The molecule has 0 spiro atoms. The Balaban J connectivity index is 2.88. The summed E-state index contributed by atoms with van der Waals surface area (Å²) in [7, 11) is 0. The zero-order valence-corrected chi connectivity index (χ0v) is 6.62. The van der Waals surface area contributed by atoms with Crippen LogP contribution in [0.25, 0.3) is 0 Å². The van der Waals surface area contributed by atoms with E-state index >= 15 is 0 Å². The number of carbonyl (C=O) groups is 2. The number of rotatable bonds is 2. The van der Waals surface area contributed by atoms with E-state index in [1.807, 2.05) is 19.1 Å². The number of hydrogen-bond donors (Lipinski definition) is 0. The Labute approximate surface area is 66.3 Å². The molecule has 0 aromatic rings. The van der Waals surface area contributed by atoms with Gasteiger partial charge in [0.25, 0.3) is 0 Å². The van der Waals surface area contributed by atoms with E-state index in [4.69, 9.17) is 0 Å². The average molecular weight is 152 g/mol. The highest BCUT2D eigenvalue weighted by Gasteiger charge is 2.35. The lowest BCUT2D eigenvalue weighted by molar-refractivity contribution is -0.129. The number of allylic oxidation sites excluding steroid dienone is 2. The maximum absolute atomic E-state index is 10.7. The minimum Gasteiger partial charge on any atom is -0.302 e. The van der Waals surface area contributed by atoms with Gasteiger partial charge in [-0.05, 0) is 18.8 Å². The van der Waals surface area contributed by atoms with Crippen LogP contribution in [0.2, 0.25) is 0 Å². The lowest BCUT2D eigenvalue weighted by Gasteiger charge is -2.29. The Morgan fingerprint density at radius 2 is 2.00 bits per heavy atom. The van der Waals surface area contributed by atoms with Crippen LogP contribution in [-0.2, 0) is 9.59 Å². The number of carbonyl (C=O) groups excluding carboxylic acids is 2. The second-order valence-electron chi connectivity index (χ2n) is 3.16. The third-order valence-electron chi connectivity index (χ3n) is 2.48. The van der Waals surface area contributed by atoms with Crippen LogP contribution in [0.3, 0.4) is 0 Å². The first-order chi connectivity index (χ1) is 5.25. The van der Waals surface area contributed by atoms with Crippen molar-refractivity contribution in [1.82, 2.24) is 0 Å². The van der Waals surface area contributed by atoms with Crippen molar-refractivity contribution in [2.24, 2.45) is 11.3 Å². The summed E-state index contributed by atoms with van der Waals surface area (Å²) in [5.41, 5.74) is -0.727. The highest BCUT2D eigenvalue weighted by atomic mass is 16.1. The molecular formula is C9H12O2. The standard InChI is InChI=1S/C9H12O2/c1-8-4-2-3-5-9(8,6-10)7-11/h2-3,6-8H,4-5H2,1H3. The molecule has 0 fully saturated rings. The quantitative estimate of drug-likeness (QED) is 0.340. The summed E-state index contributed by atoms with van der Waals surface area (Å²) in [5, 5.41) is 0. The molecule has 1 rings (SSSR count). The number of hydrogen-bond acceptors (Lipinski definition) is 2. The fraction of sp³-hybridized carbons (Fsp3) is 0.556. The van der Waals surface area contributed by atoms with Crippen LogP contribution in [0, 0.1) is 11.3 Å². The summed E-state index contributed by atoms with van der Waals surface area (Å²) >= 11 is 0. The topological polar surface area (TPSA) is 34.1 Å². The van der Waals surface area contributed by atoms with Crippen molar-refractivity contribution < 1.29 is 9.59 Å². The Hall–Kier alpha value is -0.920. The molecular weight excluding hydrogens is 140 g/mol. The van der Waals surface area contributed by atoms with Crippen LogP contribution in [0.5, 0.6) is 0 Å². The summed E-state index contributed by atoms with van der Waals surface area (Å²) in [6.45, 7) is 1.94. The van der Waals surface area contributed by atoms with E-state index in [0.717, 1.165) is 19.0 Å². The first-order valence-electron chi connectivity index (χ1n) is 3.83. The minimum absolute atomic E-state index is 0.155. The molecule has 0 radical (unpaired) electrons. The number of aldehydes is 2. The molecule has 0 saturated carbocycles. The monoisotopic (exact) mass is 152 g/mol. The second-order valence-corrected chi connectivity index (χ2v) is 3.16. The van der Waals surface area contributed by atoms with Crippen LogP contribution < -0.4 is 0 Å². The highest BCUT2D eigenvalue weighted by molar-refractivity contribution is 5.84. The Bertz CT molecular complexity index is 186. The largest absolute Gasteiger partial charge is 0.302 e. The van der Waals surface area contributed by atoms with E-state index < -0.39 is 5.41 Å². The second kappa shape index (κ2) is 2.99. The van der Waals surface area contributed by atoms with Gasteiger partial charge in [0.2, 0.25) is 0 Å². The Morgan fingerprint density at radius 1 is 1.36 bits per heavy atom. The molecule has 0 bridgehead atoms. The predicted octanol–water partition coefficient (Wildman–Crippen LogP) is 1.36. The van der Waals surface area contributed by atoms with E-state index in [1.165, 1.54) is 0 Å². The van der Waals surface area contributed by atoms with Crippen molar-refractivity contribution in [3.8, 4) is 0 Å². The normalized spacial score (nSPS) is 27.9. The van der Waals surface area contributed by atoms with Crippen molar-refractivity contribution in [3.63, 3.8) is 0 Å². The summed E-state index contributed by atoms with van der Waals surface area (Å²) in [4.78, 5) is 21.3. The van der Waals surface area contributed by atoms with E-state index in [-0.39, 0.29) is 5.92 Å². The van der Waals surface area contributed by atoms with Crippen molar-refractivity contribution in [2.45, 2.75) is 19.8 Å². The molecule has 1 aliphatic rings. The van der Waals surface area contributed by atoms with Crippen molar-refractivity contribution in [1.29, 1.82) is 0 Å². The first-order valence-corrected chi connectivity index (χ1v) is 3.83. The fourth-order valence-electron chi connectivity index (χ4n) is 1.36. The van der Waals surface area contributed by atoms with Crippen LogP contribution in [0.15, 0.2) is 12.2 Å². The van der Waals surface area contributed by atoms with Crippen LogP contribution in [-0.4, -0.2) is 12.6 Å². The maximum atomic E-state index is 10.7. The third-order valence-corrected chi connectivity index (χ3v) is 2.48. The SMILES string of the molecule is CC1CC=CCC1(C=O)C=O. The van der Waals surface area contributed by atoms with Gasteiger partial charge in [0, 0.05) is 0 Å². The van der Waals surface area contributed by atoms with Crippen molar-refractivity contribution >= 4 is 12.6 Å². The zero-order chi connectivity index (χ0) is 8.32. The summed E-state index contributed by atoms with van der Waals surface area (Å²) in [6, 6.07) is 0. The minimum atomic E-state index is -0.727. The van der Waals surface area contributed by atoms with Gasteiger partial charge in [0.1, 0.15) is 12.6 Å².